The molecule has 3 nitrogen and oxygen atoms in total. The Balaban J connectivity index is 2.06. The van der Waals surface area contributed by atoms with Crippen LogP contribution >= 0.6 is 15.9 Å². The second-order valence-corrected chi connectivity index (χ2v) is 6.08. The molecule has 1 saturated carbocycles. The van der Waals surface area contributed by atoms with Gasteiger partial charge < -0.3 is 11.1 Å². The summed E-state index contributed by atoms with van der Waals surface area (Å²) in [6.45, 7) is 4.46. The molecular weight excluding hydrogens is 292 g/mol. The fourth-order valence-corrected chi connectivity index (χ4v) is 2.87. The summed E-state index contributed by atoms with van der Waals surface area (Å²) in [6.07, 6.45) is 2.27. The van der Waals surface area contributed by atoms with Crippen molar-refractivity contribution in [3.63, 3.8) is 0 Å². The molecule has 1 amide bonds. The fraction of sp³-hybridized carbons (Fsp3) is 0.500. The third-order valence-electron chi connectivity index (χ3n) is 4.04. The molecule has 0 aromatic heterocycles. The van der Waals surface area contributed by atoms with Crippen molar-refractivity contribution in [2.75, 3.05) is 5.73 Å². The summed E-state index contributed by atoms with van der Waals surface area (Å²) >= 11 is 3.34. The summed E-state index contributed by atoms with van der Waals surface area (Å²) in [4.78, 5) is 12.1. The van der Waals surface area contributed by atoms with Crippen LogP contribution in [0.2, 0.25) is 0 Å². The lowest BCUT2D eigenvalue weighted by Crippen LogP contribution is -2.37. The molecule has 1 aliphatic rings. The lowest BCUT2D eigenvalue weighted by Gasteiger charge is -2.19. The van der Waals surface area contributed by atoms with E-state index >= 15 is 0 Å². The molecule has 1 aromatic rings. The van der Waals surface area contributed by atoms with Gasteiger partial charge in [-0.05, 0) is 58.8 Å². The van der Waals surface area contributed by atoms with Gasteiger partial charge in [-0.2, -0.15) is 0 Å². The van der Waals surface area contributed by atoms with Crippen molar-refractivity contribution >= 4 is 27.5 Å². The number of carbonyl (C=O) groups is 1. The minimum atomic E-state index is -0.0124. The quantitative estimate of drug-likeness (QED) is 0.824. The normalized spacial score (nSPS) is 27.2. The zero-order chi connectivity index (χ0) is 13.3. The molecule has 3 atom stereocenters. The minimum Gasteiger partial charge on any atom is -0.398 e. The molecule has 3 unspecified atom stereocenters. The molecule has 0 aliphatic heterocycles. The molecule has 98 valence electrons. The van der Waals surface area contributed by atoms with Gasteiger partial charge in [0.25, 0.3) is 5.91 Å². The Morgan fingerprint density at radius 1 is 1.39 bits per heavy atom. The average molecular weight is 311 g/mol. The van der Waals surface area contributed by atoms with Crippen molar-refractivity contribution in [1.29, 1.82) is 0 Å². The van der Waals surface area contributed by atoms with Crippen LogP contribution in [-0.4, -0.2) is 11.9 Å². The second kappa shape index (κ2) is 5.31. The lowest BCUT2D eigenvalue weighted by atomic mass is 9.97. The summed E-state index contributed by atoms with van der Waals surface area (Å²) in [7, 11) is 0. The van der Waals surface area contributed by atoms with Gasteiger partial charge in [0, 0.05) is 21.8 Å². The molecule has 4 heteroatoms. The highest BCUT2D eigenvalue weighted by atomic mass is 79.9. The van der Waals surface area contributed by atoms with Crippen LogP contribution in [-0.2, 0) is 0 Å². The summed E-state index contributed by atoms with van der Waals surface area (Å²) < 4.78 is 0.767. The fourth-order valence-electron chi connectivity index (χ4n) is 2.49. The summed E-state index contributed by atoms with van der Waals surface area (Å²) in [5.41, 5.74) is 7.02. The number of rotatable bonds is 2. The van der Waals surface area contributed by atoms with Gasteiger partial charge in [0.2, 0.25) is 0 Å². The number of hydrogen-bond donors (Lipinski definition) is 2. The smallest absolute Gasteiger partial charge is 0.251 e. The third-order valence-corrected chi connectivity index (χ3v) is 4.73. The van der Waals surface area contributed by atoms with Crippen LogP contribution in [0, 0.1) is 11.8 Å². The van der Waals surface area contributed by atoms with E-state index in [0.29, 0.717) is 29.1 Å². The maximum atomic E-state index is 12.1. The number of carbonyl (C=O) groups excluding carboxylic acids is 1. The SMILES string of the molecule is CC1CCC(NC(=O)c2ccc(N)c(Br)c2)C1C. The standard InChI is InChI=1S/C14H19BrN2O/c1-8-3-6-13(9(8)2)17-14(18)10-4-5-12(16)11(15)7-10/h4-5,7-9,13H,3,6,16H2,1-2H3,(H,17,18). The van der Waals surface area contributed by atoms with Crippen molar-refractivity contribution in [2.45, 2.75) is 32.7 Å². The summed E-state index contributed by atoms with van der Waals surface area (Å²) in [5.74, 6) is 1.22. The first-order valence-electron chi connectivity index (χ1n) is 6.35. The predicted octanol–water partition coefficient (Wildman–Crippen LogP) is 3.20. The molecule has 2 rings (SSSR count). The number of amides is 1. The number of nitrogens with one attached hydrogen (secondary N) is 1. The zero-order valence-corrected chi connectivity index (χ0v) is 12.3. The van der Waals surface area contributed by atoms with Crippen LogP contribution in [0.25, 0.3) is 0 Å². The Morgan fingerprint density at radius 2 is 2.11 bits per heavy atom. The Labute approximate surface area is 116 Å². The van der Waals surface area contributed by atoms with Gasteiger partial charge in [-0.25, -0.2) is 0 Å². The van der Waals surface area contributed by atoms with Crippen LogP contribution in [0.1, 0.15) is 37.0 Å². The lowest BCUT2D eigenvalue weighted by molar-refractivity contribution is 0.0927. The number of halogens is 1. The maximum Gasteiger partial charge on any atom is 0.251 e. The zero-order valence-electron chi connectivity index (χ0n) is 10.7. The van der Waals surface area contributed by atoms with Gasteiger partial charge in [0.05, 0.1) is 0 Å². The van der Waals surface area contributed by atoms with Crippen LogP contribution in [0.15, 0.2) is 22.7 Å². The Hall–Kier alpha value is -1.03. The monoisotopic (exact) mass is 310 g/mol. The van der Waals surface area contributed by atoms with E-state index in [9.17, 15) is 4.79 Å². The van der Waals surface area contributed by atoms with Gasteiger partial charge >= 0.3 is 0 Å². The Kier molecular flexibility index (Phi) is 3.95. The average Bonchev–Trinajstić information content (AvgIpc) is 2.64. The Morgan fingerprint density at radius 3 is 2.67 bits per heavy atom. The largest absolute Gasteiger partial charge is 0.398 e. The number of nitrogen functional groups attached to an aromatic ring is 1. The van der Waals surface area contributed by atoms with Crippen LogP contribution in [0.4, 0.5) is 5.69 Å². The van der Waals surface area contributed by atoms with Gasteiger partial charge in [-0.3, -0.25) is 4.79 Å². The second-order valence-electron chi connectivity index (χ2n) is 5.23. The molecule has 0 radical (unpaired) electrons. The number of benzene rings is 1. The Bertz CT molecular complexity index is 461. The first-order valence-corrected chi connectivity index (χ1v) is 7.14. The van der Waals surface area contributed by atoms with Crippen molar-refractivity contribution in [2.24, 2.45) is 11.8 Å². The molecule has 0 saturated heterocycles. The minimum absolute atomic E-state index is 0.0124. The number of nitrogens with two attached hydrogens (primary N) is 1. The van der Waals surface area contributed by atoms with E-state index in [0.717, 1.165) is 10.9 Å². The van der Waals surface area contributed by atoms with Crippen LogP contribution in [0.5, 0.6) is 0 Å². The molecule has 1 aliphatic carbocycles. The first-order chi connectivity index (χ1) is 8.49. The molecule has 1 fully saturated rings. The van der Waals surface area contributed by atoms with Crippen molar-refractivity contribution in [1.82, 2.24) is 5.32 Å². The first kappa shape index (κ1) is 13.4. The van der Waals surface area contributed by atoms with E-state index in [1.165, 1.54) is 6.42 Å². The molecule has 0 bridgehead atoms. The summed E-state index contributed by atoms with van der Waals surface area (Å²) in [5, 5.41) is 3.12. The highest BCUT2D eigenvalue weighted by Gasteiger charge is 2.30. The molecule has 18 heavy (non-hydrogen) atoms. The van der Waals surface area contributed by atoms with E-state index in [1.807, 2.05) is 0 Å². The topological polar surface area (TPSA) is 55.1 Å². The van der Waals surface area contributed by atoms with Crippen LogP contribution in [0.3, 0.4) is 0 Å². The van der Waals surface area contributed by atoms with E-state index < -0.39 is 0 Å². The third kappa shape index (κ3) is 2.69. The predicted molar refractivity (Wildman–Crippen MR) is 77.4 cm³/mol. The maximum absolute atomic E-state index is 12.1. The van der Waals surface area contributed by atoms with Crippen molar-refractivity contribution < 1.29 is 4.79 Å². The highest BCUT2D eigenvalue weighted by molar-refractivity contribution is 9.10. The van der Waals surface area contributed by atoms with Crippen molar-refractivity contribution in [3.8, 4) is 0 Å². The molecular formula is C14H19BrN2O. The van der Waals surface area contributed by atoms with E-state index in [1.54, 1.807) is 18.2 Å². The van der Waals surface area contributed by atoms with E-state index in [-0.39, 0.29) is 5.91 Å². The van der Waals surface area contributed by atoms with Gasteiger partial charge in [-0.1, -0.05) is 13.8 Å². The number of hydrogen-bond acceptors (Lipinski definition) is 2. The molecule has 1 aromatic carbocycles. The number of anilines is 1. The highest BCUT2D eigenvalue weighted by Crippen LogP contribution is 2.31. The van der Waals surface area contributed by atoms with E-state index in [4.69, 9.17) is 5.73 Å². The molecule has 3 N–H and O–H groups in total. The van der Waals surface area contributed by atoms with Gasteiger partial charge in [0.15, 0.2) is 0 Å². The van der Waals surface area contributed by atoms with Gasteiger partial charge in [0.1, 0.15) is 0 Å². The van der Waals surface area contributed by atoms with Crippen LogP contribution < -0.4 is 11.1 Å². The van der Waals surface area contributed by atoms with Crippen molar-refractivity contribution in [3.05, 3.63) is 28.2 Å². The summed E-state index contributed by atoms with van der Waals surface area (Å²) in [6, 6.07) is 5.58. The molecule has 0 spiro atoms. The van der Waals surface area contributed by atoms with E-state index in [2.05, 4.69) is 35.1 Å². The van der Waals surface area contributed by atoms with Gasteiger partial charge in [-0.15, -0.1) is 0 Å². The molecule has 0 heterocycles.